The topological polar surface area (TPSA) is 40.7 Å². The molecule has 1 aromatic heterocycles. The lowest BCUT2D eigenvalue weighted by atomic mass is 10.1. The van der Waals surface area contributed by atoms with E-state index in [1.165, 1.54) is 12.1 Å². The number of imidazole rings is 1. The van der Waals surface area contributed by atoms with Crippen molar-refractivity contribution in [2.45, 2.75) is 12.3 Å². The van der Waals surface area contributed by atoms with Crippen LogP contribution in [0, 0.1) is 5.82 Å². The summed E-state index contributed by atoms with van der Waals surface area (Å²) in [6.45, 7) is 2.05. The lowest BCUT2D eigenvalue weighted by molar-refractivity contribution is 0.628. The van der Waals surface area contributed by atoms with Crippen LogP contribution in [-0.2, 0) is 0 Å². The standard InChI is InChI=1S/C13H14FN3/c14-11-3-1-2-9(6-11)13-16-8-12(17-13)10-4-5-15-7-10/h1-3,6,8,10,15H,4-5,7H2,(H,16,17). The molecule has 1 atom stereocenters. The summed E-state index contributed by atoms with van der Waals surface area (Å²) in [6, 6.07) is 6.49. The molecule has 0 bridgehead atoms. The molecule has 2 heterocycles. The Morgan fingerprint density at radius 2 is 2.29 bits per heavy atom. The minimum Gasteiger partial charge on any atom is -0.342 e. The average molecular weight is 231 g/mol. The summed E-state index contributed by atoms with van der Waals surface area (Å²) in [5.41, 5.74) is 1.93. The van der Waals surface area contributed by atoms with Crippen LogP contribution in [0.1, 0.15) is 18.0 Å². The number of benzene rings is 1. The number of aromatic amines is 1. The fourth-order valence-electron chi connectivity index (χ4n) is 2.25. The van der Waals surface area contributed by atoms with Crippen molar-refractivity contribution in [3.63, 3.8) is 0 Å². The molecule has 0 amide bonds. The maximum Gasteiger partial charge on any atom is 0.137 e. The largest absolute Gasteiger partial charge is 0.342 e. The predicted molar refractivity (Wildman–Crippen MR) is 64.2 cm³/mol. The van der Waals surface area contributed by atoms with Gasteiger partial charge >= 0.3 is 0 Å². The van der Waals surface area contributed by atoms with E-state index in [9.17, 15) is 4.39 Å². The molecule has 1 fully saturated rings. The van der Waals surface area contributed by atoms with Gasteiger partial charge in [-0.05, 0) is 25.1 Å². The molecule has 2 N–H and O–H groups in total. The van der Waals surface area contributed by atoms with Gasteiger partial charge in [-0.25, -0.2) is 9.37 Å². The molecule has 1 aliphatic heterocycles. The van der Waals surface area contributed by atoms with E-state index >= 15 is 0 Å². The fourth-order valence-corrected chi connectivity index (χ4v) is 2.25. The van der Waals surface area contributed by atoms with Crippen molar-refractivity contribution in [3.05, 3.63) is 42.0 Å². The van der Waals surface area contributed by atoms with Gasteiger partial charge in [-0.3, -0.25) is 0 Å². The second-order valence-corrected chi connectivity index (χ2v) is 4.39. The third kappa shape index (κ3) is 2.08. The normalized spacial score (nSPS) is 19.7. The third-order valence-electron chi connectivity index (χ3n) is 3.19. The highest BCUT2D eigenvalue weighted by molar-refractivity contribution is 5.55. The molecule has 3 nitrogen and oxygen atoms in total. The Hall–Kier alpha value is -1.68. The third-order valence-corrected chi connectivity index (χ3v) is 3.19. The van der Waals surface area contributed by atoms with E-state index in [-0.39, 0.29) is 5.82 Å². The van der Waals surface area contributed by atoms with Crippen LogP contribution >= 0.6 is 0 Å². The van der Waals surface area contributed by atoms with Crippen molar-refractivity contribution < 1.29 is 4.39 Å². The number of hydrogen-bond donors (Lipinski definition) is 2. The summed E-state index contributed by atoms with van der Waals surface area (Å²) in [5, 5.41) is 3.32. The smallest absolute Gasteiger partial charge is 0.137 e. The number of hydrogen-bond acceptors (Lipinski definition) is 2. The van der Waals surface area contributed by atoms with Crippen LogP contribution in [0.15, 0.2) is 30.5 Å². The SMILES string of the molecule is Fc1cccc(-c2ncc(C3CCNC3)[nH]2)c1. The Kier molecular flexibility index (Phi) is 2.65. The highest BCUT2D eigenvalue weighted by Crippen LogP contribution is 2.23. The van der Waals surface area contributed by atoms with Gasteiger partial charge in [0.25, 0.3) is 0 Å². The van der Waals surface area contributed by atoms with Crippen LogP contribution in [0.3, 0.4) is 0 Å². The molecule has 1 aliphatic rings. The molecule has 4 heteroatoms. The number of nitrogens with one attached hydrogen (secondary N) is 2. The van der Waals surface area contributed by atoms with Crippen LogP contribution in [-0.4, -0.2) is 23.1 Å². The molecular formula is C13H14FN3. The second-order valence-electron chi connectivity index (χ2n) is 4.39. The fraction of sp³-hybridized carbons (Fsp3) is 0.308. The molecule has 0 aliphatic carbocycles. The lowest BCUT2D eigenvalue weighted by Crippen LogP contribution is -2.08. The van der Waals surface area contributed by atoms with Gasteiger partial charge in [0.15, 0.2) is 0 Å². The van der Waals surface area contributed by atoms with Crippen LogP contribution in [0.25, 0.3) is 11.4 Å². The Balaban J connectivity index is 1.89. The van der Waals surface area contributed by atoms with Crippen LogP contribution in [0.5, 0.6) is 0 Å². The Labute approximate surface area is 99.1 Å². The van der Waals surface area contributed by atoms with Crippen molar-refractivity contribution in [2.24, 2.45) is 0 Å². The van der Waals surface area contributed by atoms with E-state index < -0.39 is 0 Å². The first-order chi connectivity index (χ1) is 8.33. The second kappa shape index (κ2) is 4.30. The molecule has 2 aromatic rings. The summed E-state index contributed by atoms with van der Waals surface area (Å²) < 4.78 is 13.1. The van der Waals surface area contributed by atoms with Crippen LogP contribution in [0.2, 0.25) is 0 Å². The predicted octanol–water partition coefficient (Wildman–Crippen LogP) is 2.29. The molecule has 3 rings (SSSR count). The zero-order chi connectivity index (χ0) is 11.7. The Bertz CT molecular complexity index is 515. The van der Waals surface area contributed by atoms with Gasteiger partial charge < -0.3 is 10.3 Å². The van der Waals surface area contributed by atoms with E-state index in [0.717, 1.165) is 36.6 Å². The maximum atomic E-state index is 13.1. The van der Waals surface area contributed by atoms with Crippen molar-refractivity contribution in [1.29, 1.82) is 0 Å². The number of nitrogens with zero attached hydrogens (tertiary/aromatic N) is 1. The minimum atomic E-state index is -0.233. The number of aromatic nitrogens is 2. The Morgan fingerprint density at radius 3 is 3.06 bits per heavy atom. The van der Waals surface area contributed by atoms with Gasteiger partial charge in [-0.2, -0.15) is 0 Å². The van der Waals surface area contributed by atoms with E-state index in [4.69, 9.17) is 0 Å². The van der Waals surface area contributed by atoms with E-state index in [1.807, 2.05) is 12.3 Å². The first-order valence-corrected chi connectivity index (χ1v) is 5.84. The minimum absolute atomic E-state index is 0.233. The Morgan fingerprint density at radius 1 is 1.35 bits per heavy atom. The molecule has 0 radical (unpaired) electrons. The first-order valence-electron chi connectivity index (χ1n) is 5.84. The van der Waals surface area contributed by atoms with Gasteiger partial charge in [0.05, 0.1) is 0 Å². The number of H-pyrrole nitrogens is 1. The average Bonchev–Trinajstić information content (AvgIpc) is 3.00. The lowest BCUT2D eigenvalue weighted by Gasteiger charge is -2.03. The van der Waals surface area contributed by atoms with Crippen LogP contribution < -0.4 is 5.32 Å². The van der Waals surface area contributed by atoms with Crippen molar-refractivity contribution >= 4 is 0 Å². The summed E-state index contributed by atoms with van der Waals surface area (Å²) in [6.07, 6.45) is 2.99. The molecule has 1 aromatic carbocycles. The molecule has 0 spiro atoms. The summed E-state index contributed by atoms with van der Waals surface area (Å²) >= 11 is 0. The highest BCUT2D eigenvalue weighted by atomic mass is 19.1. The zero-order valence-corrected chi connectivity index (χ0v) is 9.41. The molecule has 1 unspecified atom stereocenters. The van der Waals surface area contributed by atoms with Gasteiger partial charge in [0, 0.05) is 29.9 Å². The van der Waals surface area contributed by atoms with Gasteiger partial charge in [-0.15, -0.1) is 0 Å². The van der Waals surface area contributed by atoms with Crippen LogP contribution in [0.4, 0.5) is 4.39 Å². The number of rotatable bonds is 2. The van der Waals surface area contributed by atoms with Gasteiger partial charge in [0.1, 0.15) is 11.6 Å². The van der Waals surface area contributed by atoms with E-state index in [1.54, 1.807) is 6.07 Å². The van der Waals surface area contributed by atoms with Crippen molar-refractivity contribution in [1.82, 2.24) is 15.3 Å². The first kappa shape index (κ1) is 10.5. The summed E-state index contributed by atoms with van der Waals surface area (Å²) in [4.78, 5) is 7.60. The molecule has 1 saturated heterocycles. The maximum absolute atomic E-state index is 13.1. The number of halogens is 1. The molecule has 0 saturated carbocycles. The van der Waals surface area contributed by atoms with Gasteiger partial charge in [0.2, 0.25) is 0 Å². The molecule has 17 heavy (non-hydrogen) atoms. The monoisotopic (exact) mass is 231 g/mol. The quantitative estimate of drug-likeness (QED) is 0.832. The highest BCUT2D eigenvalue weighted by Gasteiger charge is 2.18. The summed E-state index contributed by atoms with van der Waals surface area (Å²) in [5.74, 6) is 1.01. The van der Waals surface area contributed by atoms with Crippen molar-refractivity contribution in [2.75, 3.05) is 13.1 Å². The van der Waals surface area contributed by atoms with Crippen molar-refractivity contribution in [3.8, 4) is 11.4 Å². The van der Waals surface area contributed by atoms with E-state index in [2.05, 4.69) is 15.3 Å². The molecule has 88 valence electrons. The molecular weight excluding hydrogens is 217 g/mol. The zero-order valence-electron chi connectivity index (χ0n) is 9.41. The van der Waals surface area contributed by atoms with Gasteiger partial charge in [-0.1, -0.05) is 12.1 Å². The van der Waals surface area contributed by atoms with E-state index in [0.29, 0.717) is 5.92 Å². The summed E-state index contributed by atoms with van der Waals surface area (Å²) in [7, 11) is 0.